The van der Waals surface area contributed by atoms with Gasteiger partial charge in [0.2, 0.25) is 5.91 Å². The standard InChI is InChI=1S/C18H19N3O2/c1-13-6-7-14-12-19-21(17(14)10-13)9-8-18(22)20-15-4-3-5-16(11-15)23-2/h3-7,10-12H,8-9H2,1-2H3,(H,20,22). The summed E-state index contributed by atoms with van der Waals surface area (Å²) < 4.78 is 7.02. The number of aromatic nitrogens is 2. The number of fused-ring (bicyclic) bond motifs is 1. The number of anilines is 1. The summed E-state index contributed by atoms with van der Waals surface area (Å²) in [5, 5.41) is 8.32. The van der Waals surface area contributed by atoms with Crippen molar-refractivity contribution in [1.29, 1.82) is 0 Å². The molecule has 0 saturated heterocycles. The van der Waals surface area contributed by atoms with E-state index in [4.69, 9.17) is 4.74 Å². The van der Waals surface area contributed by atoms with Crippen molar-refractivity contribution >= 4 is 22.5 Å². The maximum atomic E-state index is 12.1. The minimum atomic E-state index is -0.0467. The van der Waals surface area contributed by atoms with Gasteiger partial charge in [-0.3, -0.25) is 9.48 Å². The lowest BCUT2D eigenvalue weighted by Gasteiger charge is -2.08. The summed E-state index contributed by atoms with van der Waals surface area (Å²) in [7, 11) is 1.60. The fourth-order valence-corrected chi connectivity index (χ4v) is 2.49. The Morgan fingerprint density at radius 2 is 2.13 bits per heavy atom. The SMILES string of the molecule is COc1cccc(NC(=O)CCn2ncc3ccc(C)cc32)c1. The summed E-state index contributed by atoms with van der Waals surface area (Å²) in [6.45, 7) is 2.59. The van der Waals surface area contributed by atoms with Crippen molar-refractivity contribution < 1.29 is 9.53 Å². The highest BCUT2D eigenvalue weighted by Gasteiger charge is 2.07. The van der Waals surface area contributed by atoms with Crippen LogP contribution >= 0.6 is 0 Å². The van der Waals surface area contributed by atoms with Crippen molar-refractivity contribution in [2.24, 2.45) is 0 Å². The van der Waals surface area contributed by atoms with Crippen LogP contribution in [0, 0.1) is 6.92 Å². The Hall–Kier alpha value is -2.82. The Morgan fingerprint density at radius 3 is 2.96 bits per heavy atom. The van der Waals surface area contributed by atoms with Crippen LogP contribution in [0.1, 0.15) is 12.0 Å². The van der Waals surface area contributed by atoms with Gasteiger partial charge in [0.25, 0.3) is 0 Å². The highest BCUT2D eigenvalue weighted by molar-refractivity contribution is 5.91. The molecule has 0 saturated carbocycles. The zero-order valence-corrected chi connectivity index (χ0v) is 13.2. The lowest BCUT2D eigenvalue weighted by molar-refractivity contribution is -0.116. The van der Waals surface area contributed by atoms with Gasteiger partial charge in [-0.1, -0.05) is 18.2 Å². The summed E-state index contributed by atoms with van der Waals surface area (Å²) in [4.78, 5) is 12.1. The molecule has 5 heteroatoms. The Labute approximate surface area is 134 Å². The third-order valence-electron chi connectivity index (χ3n) is 3.70. The summed E-state index contributed by atoms with van der Waals surface area (Å²) in [6, 6.07) is 13.5. The maximum Gasteiger partial charge on any atom is 0.226 e. The van der Waals surface area contributed by atoms with E-state index in [1.54, 1.807) is 13.2 Å². The third-order valence-corrected chi connectivity index (χ3v) is 3.70. The molecule has 0 unspecified atom stereocenters. The minimum absolute atomic E-state index is 0.0467. The van der Waals surface area contributed by atoms with Crippen LogP contribution in [0.2, 0.25) is 0 Å². The molecule has 118 valence electrons. The third kappa shape index (κ3) is 3.51. The summed E-state index contributed by atoms with van der Waals surface area (Å²) in [5.74, 6) is 0.672. The predicted octanol–water partition coefficient (Wildman–Crippen LogP) is 3.38. The van der Waals surface area contributed by atoms with E-state index in [0.29, 0.717) is 13.0 Å². The van der Waals surface area contributed by atoms with Crippen molar-refractivity contribution in [3.05, 3.63) is 54.2 Å². The Bertz CT molecular complexity index is 839. The number of nitrogens with one attached hydrogen (secondary N) is 1. The van der Waals surface area contributed by atoms with Crippen molar-refractivity contribution in [2.45, 2.75) is 19.9 Å². The maximum absolute atomic E-state index is 12.1. The van der Waals surface area contributed by atoms with Gasteiger partial charge in [0.15, 0.2) is 0 Å². The zero-order chi connectivity index (χ0) is 16.2. The number of amides is 1. The molecule has 0 radical (unpaired) electrons. The van der Waals surface area contributed by atoms with Crippen molar-refractivity contribution in [3.8, 4) is 5.75 Å². The molecule has 0 aliphatic carbocycles. The molecule has 23 heavy (non-hydrogen) atoms. The monoisotopic (exact) mass is 309 g/mol. The van der Waals surface area contributed by atoms with Gasteiger partial charge >= 0.3 is 0 Å². The van der Waals surface area contributed by atoms with Crippen LogP contribution in [-0.4, -0.2) is 22.8 Å². The number of hydrogen-bond donors (Lipinski definition) is 1. The first-order valence-electron chi connectivity index (χ1n) is 7.52. The molecule has 0 spiro atoms. The van der Waals surface area contributed by atoms with Gasteiger partial charge in [0, 0.05) is 23.6 Å². The second kappa shape index (κ2) is 6.52. The van der Waals surface area contributed by atoms with Crippen molar-refractivity contribution in [3.63, 3.8) is 0 Å². The van der Waals surface area contributed by atoms with E-state index in [2.05, 4.69) is 22.5 Å². The van der Waals surface area contributed by atoms with E-state index in [-0.39, 0.29) is 5.91 Å². The van der Waals surface area contributed by atoms with Crippen LogP contribution in [-0.2, 0) is 11.3 Å². The molecular weight excluding hydrogens is 290 g/mol. The fraction of sp³-hybridized carbons (Fsp3) is 0.222. The average molecular weight is 309 g/mol. The molecule has 2 aromatic carbocycles. The molecule has 0 aliphatic heterocycles. The lowest BCUT2D eigenvalue weighted by atomic mass is 10.2. The van der Waals surface area contributed by atoms with E-state index in [1.165, 1.54) is 5.56 Å². The lowest BCUT2D eigenvalue weighted by Crippen LogP contribution is -2.15. The first kappa shape index (κ1) is 15.1. The van der Waals surface area contributed by atoms with E-state index in [0.717, 1.165) is 22.3 Å². The van der Waals surface area contributed by atoms with Gasteiger partial charge in [-0.2, -0.15) is 5.10 Å². The number of carbonyl (C=O) groups is 1. The molecule has 0 aliphatic rings. The van der Waals surface area contributed by atoms with Gasteiger partial charge in [-0.05, 0) is 30.7 Å². The number of benzene rings is 2. The quantitative estimate of drug-likeness (QED) is 0.786. The summed E-state index contributed by atoms with van der Waals surface area (Å²) in [6.07, 6.45) is 2.19. The average Bonchev–Trinajstić information content (AvgIpc) is 2.95. The highest BCUT2D eigenvalue weighted by atomic mass is 16.5. The molecule has 5 nitrogen and oxygen atoms in total. The Morgan fingerprint density at radius 1 is 1.26 bits per heavy atom. The smallest absolute Gasteiger partial charge is 0.226 e. The van der Waals surface area contributed by atoms with Crippen LogP contribution in [0.4, 0.5) is 5.69 Å². The van der Waals surface area contributed by atoms with Crippen molar-refractivity contribution in [1.82, 2.24) is 9.78 Å². The first-order valence-corrected chi connectivity index (χ1v) is 7.52. The van der Waals surface area contributed by atoms with Gasteiger partial charge in [0.05, 0.1) is 25.4 Å². The summed E-state index contributed by atoms with van der Waals surface area (Å²) >= 11 is 0. The zero-order valence-electron chi connectivity index (χ0n) is 13.2. The number of aryl methyl sites for hydroxylation is 2. The second-order valence-electron chi connectivity index (χ2n) is 5.46. The Kier molecular flexibility index (Phi) is 4.28. The van der Waals surface area contributed by atoms with E-state index >= 15 is 0 Å². The minimum Gasteiger partial charge on any atom is -0.497 e. The normalized spacial score (nSPS) is 10.7. The van der Waals surface area contributed by atoms with E-state index < -0.39 is 0 Å². The van der Waals surface area contributed by atoms with Gasteiger partial charge in [-0.25, -0.2) is 0 Å². The fourth-order valence-electron chi connectivity index (χ4n) is 2.49. The molecule has 0 fully saturated rings. The molecule has 3 rings (SSSR count). The number of rotatable bonds is 5. The highest BCUT2D eigenvalue weighted by Crippen LogP contribution is 2.18. The van der Waals surface area contributed by atoms with Crippen LogP contribution in [0.5, 0.6) is 5.75 Å². The molecule has 0 bridgehead atoms. The molecule has 1 amide bonds. The van der Waals surface area contributed by atoms with Crippen LogP contribution < -0.4 is 10.1 Å². The molecule has 1 heterocycles. The van der Waals surface area contributed by atoms with Gasteiger partial charge in [0.1, 0.15) is 5.75 Å². The number of hydrogen-bond acceptors (Lipinski definition) is 3. The Balaban J connectivity index is 1.65. The molecule has 1 N–H and O–H groups in total. The largest absolute Gasteiger partial charge is 0.497 e. The van der Waals surface area contributed by atoms with Gasteiger partial charge < -0.3 is 10.1 Å². The van der Waals surface area contributed by atoms with Crippen LogP contribution in [0.3, 0.4) is 0 Å². The van der Waals surface area contributed by atoms with Gasteiger partial charge in [-0.15, -0.1) is 0 Å². The molecular formula is C18H19N3O2. The topological polar surface area (TPSA) is 56.1 Å². The number of nitrogens with zero attached hydrogens (tertiary/aromatic N) is 2. The van der Waals surface area contributed by atoms with E-state index in [9.17, 15) is 4.79 Å². The van der Waals surface area contributed by atoms with Crippen LogP contribution in [0.25, 0.3) is 10.9 Å². The molecule has 0 atom stereocenters. The predicted molar refractivity (Wildman–Crippen MR) is 90.7 cm³/mol. The molecule has 3 aromatic rings. The van der Waals surface area contributed by atoms with Crippen LogP contribution in [0.15, 0.2) is 48.7 Å². The van der Waals surface area contributed by atoms with Crippen molar-refractivity contribution in [2.75, 3.05) is 12.4 Å². The molecule has 1 aromatic heterocycles. The number of carbonyl (C=O) groups excluding carboxylic acids is 1. The number of methoxy groups -OCH3 is 1. The number of ether oxygens (including phenoxy) is 1. The van der Waals surface area contributed by atoms with E-state index in [1.807, 2.05) is 42.1 Å². The first-order chi connectivity index (χ1) is 11.2. The second-order valence-corrected chi connectivity index (χ2v) is 5.46. The summed E-state index contributed by atoms with van der Waals surface area (Å²) in [5.41, 5.74) is 2.97.